The van der Waals surface area contributed by atoms with Gasteiger partial charge in [0.25, 0.3) is 0 Å². The van der Waals surface area contributed by atoms with Gasteiger partial charge in [-0.2, -0.15) is 0 Å². The van der Waals surface area contributed by atoms with E-state index in [0.717, 1.165) is 10.6 Å². The van der Waals surface area contributed by atoms with E-state index in [1.54, 1.807) is 0 Å². The Hall–Kier alpha value is -0.830. The first kappa shape index (κ1) is 7.80. The molecule has 2 nitrogen and oxygen atoms in total. The molecular formula is C9H10O2S. The molecule has 1 aromatic rings. The summed E-state index contributed by atoms with van der Waals surface area (Å²) in [5.41, 5.74) is 0.425. The molecular weight excluding hydrogens is 172 g/mol. The van der Waals surface area contributed by atoms with Gasteiger partial charge >= 0.3 is 0 Å². The van der Waals surface area contributed by atoms with Gasteiger partial charge in [0.1, 0.15) is 5.60 Å². The molecule has 0 N–H and O–H groups in total. The van der Waals surface area contributed by atoms with Crippen molar-refractivity contribution in [3.63, 3.8) is 0 Å². The zero-order chi connectivity index (χ0) is 8.77. The zero-order valence-electron chi connectivity index (χ0n) is 7.09. The fourth-order valence-electron chi connectivity index (χ4n) is 1.35. The summed E-state index contributed by atoms with van der Waals surface area (Å²) < 4.78 is 5.63. The summed E-state index contributed by atoms with van der Waals surface area (Å²) in [4.78, 5) is 11.5. The van der Waals surface area contributed by atoms with Gasteiger partial charge in [-0.1, -0.05) is 0 Å². The summed E-state index contributed by atoms with van der Waals surface area (Å²) in [6.07, 6.45) is 0.483. The molecule has 1 aliphatic rings. The fourth-order valence-corrected chi connectivity index (χ4v) is 2.26. The molecule has 64 valence electrons. The van der Waals surface area contributed by atoms with Crippen LogP contribution in [0.2, 0.25) is 0 Å². The molecule has 0 bridgehead atoms. The van der Waals surface area contributed by atoms with E-state index in [2.05, 4.69) is 0 Å². The van der Waals surface area contributed by atoms with E-state index >= 15 is 0 Å². The monoisotopic (exact) mass is 182 g/mol. The number of hydrogen-bond acceptors (Lipinski definition) is 3. The first-order chi connectivity index (χ1) is 5.58. The third-order valence-corrected chi connectivity index (χ3v) is 2.67. The van der Waals surface area contributed by atoms with E-state index in [0.29, 0.717) is 6.42 Å². The predicted molar refractivity (Wildman–Crippen MR) is 48.0 cm³/mol. The lowest BCUT2D eigenvalue weighted by atomic mass is 9.96. The SMILES string of the molecule is CC1(C)CC(=O)c2ccsc2O1. The highest BCUT2D eigenvalue weighted by Gasteiger charge is 2.32. The van der Waals surface area contributed by atoms with Crippen molar-refractivity contribution in [3.8, 4) is 5.06 Å². The summed E-state index contributed by atoms with van der Waals surface area (Å²) in [5, 5.41) is 2.67. The molecule has 3 heteroatoms. The number of ketones is 1. The molecule has 0 saturated carbocycles. The Morgan fingerprint density at radius 2 is 2.33 bits per heavy atom. The Labute approximate surface area is 75.2 Å². The van der Waals surface area contributed by atoms with Crippen LogP contribution in [0.25, 0.3) is 0 Å². The van der Waals surface area contributed by atoms with Gasteiger partial charge in [-0.15, -0.1) is 11.3 Å². The molecule has 0 saturated heterocycles. The number of thiophene rings is 1. The van der Waals surface area contributed by atoms with Gasteiger partial charge in [0, 0.05) is 0 Å². The second kappa shape index (κ2) is 2.33. The van der Waals surface area contributed by atoms with Crippen LogP contribution >= 0.6 is 11.3 Å². The summed E-state index contributed by atoms with van der Waals surface area (Å²) in [6, 6.07) is 1.83. The normalized spacial score (nSPS) is 20.0. The molecule has 0 aromatic carbocycles. The Bertz CT molecular complexity index is 325. The van der Waals surface area contributed by atoms with Gasteiger partial charge in [0.2, 0.25) is 0 Å². The molecule has 1 aromatic heterocycles. The maximum absolute atomic E-state index is 11.5. The molecule has 12 heavy (non-hydrogen) atoms. The predicted octanol–water partition coefficient (Wildman–Crippen LogP) is 2.49. The summed E-state index contributed by atoms with van der Waals surface area (Å²) in [6.45, 7) is 3.88. The highest BCUT2D eigenvalue weighted by Crippen LogP contribution is 2.36. The second-order valence-corrected chi connectivity index (χ2v) is 4.46. The van der Waals surface area contributed by atoms with Gasteiger partial charge in [-0.25, -0.2) is 0 Å². The lowest BCUT2D eigenvalue weighted by molar-refractivity contribution is 0.0645. The van der Waals surface area contributed by atoms with Crippen molar-refractivity contribution < 1.29 is 9.53 Å². The first-order valence-electron chi connectivity index (χ1n) is 3.88. The van der Waals surface area contributed by atoms with Crippen LogP contribution in [0.5, 0.6) is 5.06 Å². The Morgan fingerprint density at radius 1 is 1.58 bits per heavy atom. The van der Waals surface area contributed by atoms with E-state index in [1.165, 1.54) is 11.3 Å². The van der Waals surface area contributed by atoms with E-state index in [4.69, 9.17) is 4.74 Å². The number of ether oxygens (including phenoxy) is 1. The van der Waals surface area contributed by atoms with Gasteiger partial charge < -0.3 is 4.74 Å². The largest absolute Gasteiger partial charge is 0.477 e. The minimum absolute atomic E-state index is 0.197. The van der Waals surface area contributed by atoms with Crippen LogP contribution in [-0.4, -0.2) is 11.4 Å². The minimum atomic E-state index is -0.324. The third-order valence-electron chi connectivity index (χ3n) is 1.89. The van der Waals surface area contributed by atoms with Crippen molar-refractivity contribution in [1.82, 2.24) is 0 Å². The molecule has 2 heterocycles. The van der Waals surface area contributed by atoms with Gasteiger partial charge in [-0.3, -0.25) is 4.79 Å². The van der Waals surface area contributed by atoms with E-state index in [9.17, 15) is 4.79 Å². The Kier molecular flexibility index (Phi) is 1.51. The summed E-state index contributed by atoms with van der Waals surface area (Å²) in [5.74, 6) is 0.197. The van der Waals surface area contributed by atoms with Crippen molar-refractivity contribution in [2.45, 2.75) is 25.9 Å². The summed E-state index contributed by atoms with van der Waals surface area (Å²) >= 11 is 1.49. The standard InChI is InChI=1S/C9H10O2S/c1-9(2)5-7(10)6-3-4-12-8(6)11-9/h3-4H,5H2,1-2H3. The zero-order valence-corrected chi connectivity index (χ0v) is 7.90. The lowest BCUT2D eigenvalue weighted by Crippen LogP contribution is -2.34. The number of carbonyl (C=O) groups is 1. The van der Waals surface area contributed by atoms with Crippen LogP contribution in [0.3, 0.4) is 0 Å². The quantitative estimate of drug-likeness (QED) is 0.616. The Morgan fingerprint density at radius 3 is 3.08 bits per heavy atom. The number of carbonyl (C=O) groups excluding carboxylic acids is 1. The summed E-state index contributed by atoms with van der Waals surface area (Å²) in [7, 11) is 0. The maximum Gasteiger partial charge on any atom is 0.185 e. The molecule has 0 radical (unpaired) electrons. The average Bonchev–Trinajstić information content (AvgIpc) is 2.31. The van der Waals surface area contributed by atoms with Gasteiger partial charge in [-0.05, 0) is 25.3 Å². The molecule has 0 unspecified atom stereocenters. The van der Waals surface area contributed by atoms with Crippen LogP contribution < -0.4 is 4.74 Å². The van der Waals surface area contributed by atoms with Crippen LogP contribution in [-0.2, 0) is 0 Å². The lowest BCUT2D eigenvalue weighted by Gasteiger charge is -2.29. The molecule has 0 fully saturated rings. The van der Waals surface area contributed by atoms with Crippen molar-refractivity contribution >= 4 is 17.1 Å². The molecule has 0 spiro atoms. The first-order valence-corrected chi connectivity index (χ1v) is 4.76. The Balaban J connectivity index is 2.45. The van der Waals surface area contributed by atoms with Crippen LogP contribution in [0, 0.1) is 0 Å². The number of rotatable bonds is 0. The molecule has 0 atom stereocenters. The number of hydrogen-bond donors (Lipinski definition) is 0. The molecule has 1 aliphatic heterocycles. The third kappa shape index (κ3) is 1.14. The van der Waals surface area contributed by atoms with Crippen molar-refractivity contribution in [2.24, 2.45) is 0 Å². The molecule has 2 rings (SSSR count). The van der Waals surface area contributed by atoms with E-state index < -0.39 is 0 Å². The minimum Gasteiger partial charge on any atom is -0.477 e. The fraction of sp³-hybridized carbons (Fsp3) is 0.444. The smallest absolute Gasteiger partial charge is 0.185 e. The van der Waals surface area contributed by atoms with Gasteiger partial charge in [0.15, 0.2) is 10.8 Å². The highest BCUT2D eigenvalue weighted by molar-refractivity contribution is 7.12. The average molecular weight is 182 g/mol. The van der Waals surface area contributed by atoms with Crippen LogP contribution in [0.4, 0.5) is 0 Å². The second-order valence-electron chi connectivity index (χ2n) is 3.58. The van der Waals surface area contributed by atoms with Crippen LogP contribution in [0.15, 0.2) is 11.4 Å². The van der Waals surface area contributed by atoms with Gasteiger partial charge in [0.05, 0.1) is 12.0 Å². The topological polar surface area (TPSA) is 26.3 Å². The van der Waals surface area contributed by atoms with E-state index in [1.807, 2.05) is 25.3 Å². The maximum atomic E-state index is 11.5. The molecule has 0 aliphatic carbocycles. The van der Waals surface area contributed by atoms with Crippen molar-refractivity contribution in [2.75, 3.05) is 0 Å². The number of fused-ring (bicyclic) bond motifs is 1. The van der Waals surface area contributed by atoms with Crippen molar-refractivity contribution in [1.29, 1.82) is 0 Å². The van der Waals surface area contributed by atoms with Crippen LogP contribution in [0.1, 0.15) is 30.6 Å². The number of Topliss-reactive ketones (excluding diaryl/α,β-unsaturated/α-hetero) is 1. The van der Waals surface area contributed by atoms with E-state index in [-0.39, 0.29) is 11.4 Å². The van der Waals surface area contributed by atoms with Crippen molar-refractivity contribution in [3.05, 3.63) is 17.0 Å². The molecule has 0 amide bonds. The highest BCUT2D eigenvalue weighted by atomic mass is 32.1.